The van der Waals surface area contributed by atoms with Gasteiger partial charge in [0.1, 0.15) is 0 Å². The highest BCUT2D eigenvalue weighted by molar-refractivity contribution is 5.87. The molecule has 0 fully saturated rings. The molecule has 5 heteroatoms. The van der Waals surface area contributed by atoms with Crippen LogP contribution in [0.25, 0.3) is 0 Å². The number of rotatable bonds is 5. The van der Waals surface area contributed by atoms with Gasteiger partial charge in [0.15, 0.2) is 0 Å². The average molecular weight is 235 g/mol. The van der Waals surface area contributed by atoms with E-state index in [2.05, 4.69) is 6.58 Å². The summed E-state index contributed by atoms with van der Waals surface area (Å²) in [6.45, 7) is 5.37. The van der Waals surface area contributed by atoms with Crippen molar-refractivity contribution >= 4 is 11.7 Å². The van der Waals surface area contributed by atoms with E-state index in [1.807, 2.05) is 6.92 Å². The Morgan fingerprint density at radius 3 is 2.35 bits per heavy atom. The maximum atomic E-state index is 10.8. The molecule has 0 aliphatic rings. The number of nitro benzene ring substituents is 1. The molecule has 0 spiro atoms. The fourth-order valence-corrected chi connectivity index (χ4v) is 1.66. The molecule has 90 valence electrons. The first-order valence-corrected chi connectivity index (χ1v) is 5.13. The van der Waals surface area contributed by atoms with E-state index in [1.165, 1.54) is 12.1 Å². The van der Waals surface area contributed by atoms with Crippen LogP contribution in [0.15, 0.2) is 36.4 Å². The van der Waals surface area contributed by atoms with Crippen molar-refractivity contribution in [2.24, 2.45) is 0 Å². The van der Waals surface area contributed by atoms with Gasteiger partial charge >= 0.3 is 5.97 Å². The van der Waals surface area contributed by atoms with Crippen LogP contribution in [0.5, 0.6) is 0 Å². The summed E-state index contributed by atoms with van der Waals surface area (Å²) in [6, 6.07) is 5.88. The zero-order valence-electron chi connectivity index (χ0n) is 9.42. The number of hydrogen-bond donors (Lipinski definition) is 1. The summed E-state index contributed by atoms with van der Waals surface area (Å²) in [5, 5.41) is 19.4. The van der Waals surface area contributed by atoms with Gasteiger partial charge < -0.3 is 5.11 Å². The SMILES string of the molecule is C=C(C(=O)O)C(CC)c1ccc([N+](=O)[O-])cc1. The monoisotopic (exact) mass is 235 g/mol. The van der Waals surface area contributed by atoms with E-state index in [1.54, 1.807) is 12.1 Å². The number of carbonyl (C=O) groups is 1. The molecular weight excluding hydrogens is 222 g/mol. The van der Waals surface area contributed by atoms with E-state index < -0.39 is 10.9 Å². The molecule has 0 radical (unpaired) electrons. The van der Waals surface area contributed by atoms with Crippen molar-refractivity contribution < 1.29 is 14.8 Å². The minimum absolute atomic E-state index is 0.00968. The highest BCUT2D eigenvalue weighted by atomic mass is 16.6. The zero-order valence-corrected chi connectivity index (χ0v) is 9.42. The van der Waals surface area contributed by atoms with Crippen molar-refractivity contribution in [1.82, 2.24) is 0 Å². The Balaban J connectivity index is 3.01. The quantitative estimate of drug-likeness (QED) is 0.483. The lowest BCUT2D eigenvalue weighted by Gasteiger charge is -2.14. The number of nitrogens with zero attached hydrogens (tertiary/aromatic N) is 1. The van der Waals surface area contributed by atoms with Crippen molar-refractivity contribution in [1.29, 1.82) is 0 Å². The third-order valence-electron chi connectivity index (χ3n) is 2.61. The lowest BCUT2D eigenvalue weighted by Crippen LogP contribution is -2.09. The van der Waals surface area contributed by atoms with Crippen LogP contribution in [-0.2, 0) is 4.79 Å². The predicted octanol–water partition coefficient (Wildman–Crippen LogP) is 2.73. The molecular formula is C12H13NO4. The summed E-state index contributed by atoms with van der Waals surface area (Å²) in [6.07, 6.45) is 0.586. The lowest BCUT2D eigenvalue weighted by molar-refractivity contribution is -0.384. The molecule has 0 saturated carbocycles. The Labute approximate surface area is 98.5 Å². The number of non-ortho nitro benzene ring substituents is 1. The number of hydrogen-bond acceptors (Lipinski definition) is 3. The normalized spacial score (nSPS) is 11.8. The third-order valence-corrected chi connectivity index (χ3v) is 2.61. The van der Waals surface area contributed by atoms with Crippen molar-refractivity contribution in [3.63, 3.8) is 0 Å². The van der Waals surface area contributed by atoms with Gasteiger partial charge in [0.05, 0.1) is 4.92 Å². The van der Waals surface area contributed by atoms with Gasteiger partial charge in [-0.15, -0.1) is 0 Å². The fourth-order valence-electron chi connectivity index (χ4n) is 1.66. The third kappa shape index (κ3) is 2.90. The second-order valence-corrected chi connectivity index (χ2v) is 3.64. The van der Waals surface area contributed by atoms with Crippen molar-refractivity contribution in [3.05, 3.63) is 52.1 Å². The summed E-state index contributed by atoms with van der Waals surface area (Å²) in [7, 11) is 0. The van der Waals surface area contributed by atoms with E-state index >= 15 is 0 Å². The molecule has 0 aromatic heterocycles. The van der Waals surface area contributed by atoms with Gasteiger partial charge in [-0.2, -0.15) is 0 Å². The van der Waals surface area contributed by atoms with E-state index in [0.29, 0.717) is 6.42 Å². The second kappa shape index (κ2) is 5.25. The molecule has 17 heavy (non-hydrogen) atoms. The second-order valence-electron chi connectivity index (χ2n) is 3.64. The minimum atomic E-state index is -1.05. The summed E-state index contributed by atoms with van der Waals surface area (Å²) in [4.78, 5) is 20.8. The zero-order chi connectivity index (χ0) is 13.0. The molecule has 1 rings (SSSR count). The molecule has 1 N–H and O–H groups in total. The Hall–Kier alpha value is -2.17. The van der Waals surface area contributed by atoms with Crippen LogP contribution in [0, 0.1) is 10.1 Å². The van der Waals surface area contributed by atoms with Crippen LogP contribution in [0.1, 0.15) is 24.8 Å². The predicted molar refractivity (Wildman–Crippen MR) is 62.9 cm³/mol. The molecule has 0 aliphatic heterocycles. The van der Waals surface area contributed by atoms with Crippen molar-refractivity contribution in [3.8, 4) is 0 Å². The van der Waals surface area contributed by atoms with Crippen LogP contribution in [0.3, 0.4) is 0 Å². The molecule has 1 aromatic carbocycles. The van der Waals surface area contributed by atoms with Crippen LogP contribution < -0.4 is 0 Å². The fraction of sp³-hybridized carbons (Fsp3) is 0.250. The first-order chi connectivity index (χ1) is 7.97. The molecule has 0 bridgehead atoms. The molecule has 0 aliphatic carbocycles. The van der Waals surface area contributed by atoms with E-state index in [4.69, 9.17) is 5.11 Å². The van der Waals surface area contributed by atoms with Gasteiger partial charge in [0.25, 0.3) is 5.69 Å². The molecule has 1 aromatic rings. The van der Waals surface area contributed by atoms with E-state index in [9.17, 15) is 14.9 Å². The number of carboxylic acids is 1. The number of nitro groups is 1. The number of carboxylic acid groups (broad SMARTS) is 1. The first-order valence-electron chi connectivity index (χ1n) is 5.13. The van der Waals surface area contributed by atoms with Crippen molar-refractivity contribution in [2.75, 3.05) is 0 Å². The summed E-state index contributed by atoms with van der Waals surface area (Å²) >= 11 is 0. The first kappa shape index (κ1) is 12.9. The van der Waals surface area contributed by atoms with Crippen LogP contribution in [-0.4, -0.2) is 16.0 Å². The smallest absolute Gasteiger partial charge is 0.331 e. The van der Waals surface area contributed by atoms with Gasteiger partial charge in [0.2, 0.25) is 0 Å². The summed E-state index contributed by atoms with van der Waals surface area (Å²) in [5.41, 5.74) is 0.816. The summed E-state index contributed by atoms with van der Waals surface area (Å²) < 4.78 is 0. The van der Waals surface area contributed by atoms with Gasteiger partial charge in [-0.05, 0) is 12.0 Å². The Bertz CT molecular complexity index is 450. The van der Waals surface area contributed by atoms with Crippen LogP contribution in [0.2, 0.25) is 0 Å². The van der Waals surface area contributed by atoms with Gasteiger partial charge in [0, 0.05) is 23.6 Å². The van der Waals surface area contributed by atoms with E-state index in [-0.39, 0.29) is 17.2 Å². The largest absolute Gasteiger partial charge is 0.478 e. The molecule has 5 nitrogen and oxygen atoms in total. The number of aliphatic carboxylic acids is 1. The van der Waals surface area contributed by atoms with Gasteiger partial charge in [-0.3, -0.25) is 10.1 Å². The lowest BCUT2D eigenvalue weighted by atomic mass is 9.90. The topological polar surface area (TPSA) is 80.4 Å². The Kier molecular flexibility index (Phi) is 3.98. The summed E-state index contributed by atoms with van der Waals surface area (Å²) in [5.74, 6) is -1.36. The van der Waals surface area contributed by atoms with Crippen molar-refractivity contribution in [2.45, 2.75) is 19.3 Å². The molecule has 0 saturated heterocycles. The minimum Gasteiger partial charge on any atom is -0.478 e. The maximum absolute atomic E-state index is 10.8. The average Bonchev–Trinajstić information content (AvgIpc) is 2.30. The molecule has 1 unspecified atom stereocenters. The Morgan fingerprint density at radius 2 is 2.00 bits per heavy atom. The molecule has 1 atom stereocenters. The van der Waals surface area contributed by atoms with Gasteiger partial charge in [-0.25, -0.2) is 4.79 Å². The van der Waals surface area contributed by atoms with Crippen LogP contribution in [0.4, 0.5) is 5.69 Å². The standard InChI is InChI=1S/C12H13NO4/c1-3-11(8(2)12(14)15)9-4-6-10(7-5-9)13(16)17/h4-7,11H,2-3H2,1H3,(H,14,15). The highest BCUT2D eigenvalue weighted by Crippen LogP contribution is 2.28. The van der Waals surface area contributed by atoms with Crippen LogP contribution >= 0.6 is 0 Å². The maximum Gasteiger partial charge on any atom is 0.331 e. The van der Waals surface area contributed by atoms with Gasteiger partial charge in [-0.1, -0.05) is 25.6 Å². The number of benzene rings is 1. The molecule has 0 amide bonds. The Morgan fingerprint density at radius 1 is 1.47 bits per heavy atom. The van der Waals surface area contributed by atoms with E-state index in [0.717, 1.165) is 5.56 Å². The molecule has 0 heterocycles. The highest BCUT2D eigenvalue weighted by Gasteiger charge is 2.19.